The molecule has 36 heavy (non-hydrogen) atoms. The molecule has 196 valence electrons. The summed E-state index contributed by atoms with van der Waals surface area (Å²) in [5.41, 5.74) is -4.52. The molecular weight excluding hydrogens is 496 g/mol. The summed E-state index contributed by atoms with van der Waals surface area (Å²) in [4.78, 5) is 35.2. The van der Waals surface area contributed by atoms with Crippen molar-refractivity contribution in [3.8, 4) is 34.5 Å². The number of hydrogen-bond acceptors (Lipinski definition) is 14. The number of carboxylic acid groups (broad SMARTS) is 2. The van der Waals surface area contributed by atoms with Gasteiger partial charge in [0, 0.05) is 11.1 Å². The largest absolute Gasteiger partial charge is 0.504 e. The number of carbonyl (C=O) groups is 3. The molecule has 2 unspecified atom stereocenters. The quantitative estimate of drug-likeness (QED) is 0.156. The van der Waals surface area contributed by atoms with E-state index in [9.17, 15) is 80.8 Å². The second-order valence-electron chi connectivity index (χ2n) is 7.39. The topological polar surface area (TPSA) is 314 Å². The molecule has 0 saturated carbocycles. The van der Waals surface area contributed by atoms with E-state index in [1.807, 2.05) is 0 Å². The second-order valence-corrected chi connectivity index (χ2v) is 7.39. The molecule has 2 aromatic carbocycles. The summed E-state index contributed by atoms with van der Waals surface area (Å²) in [6, 6.07) is 0.721. The van der Waals surface area contributed by atoms with Gasteiger partial charge >= 0.3 is 11.9 Å². The number of rotatable bonds is 9. The van der Waals surface area contributed by atoms with Crippen molar-refractivity contribution in [2.24, 2.45) is 0 Å². The SMILES string of the molecule is O=C(O)c1cc(O)c(O)c(O)c1C(O)[C@H](O)C(=O)[C@H](O)[C@H](O)C(O)c1c(C(=O)O)cc(O)c(O)c1O. The number of ketones is 1. The number of carbonyl (C=O) groups excluding carboxylic acids is 1. The van der Waals surface area contributed by atoms with Gasteiger partial charge in [-0.05, 0) is 12.1 Å². The molecule has 16 nitrogen and oxygen atoms in total. The van der Waals surface area contributed by atoms with Gasteiger partial charge in [-0.1, -0.05) is 0 Å². The fraction of sp³-hybridized carbons (Fsp3) is 0.250. The highest BCUT2D eigenvalue weighted by atomic mass is 16.4. The van der Waals surface area contributed by atoms with Crippen molar-refractivity contribution in [1.29, 1.82) is 0 Å². The third-order valence-corrected chi connectivity index (χ3v) is 5.17. The Balaban J connectivity index is 2.45. The third kappa shape index (κ3) is 4.74. The van der Waals surface area contributed by atoms with E-state index in [2.05, 4.69) is 0 Å². The Labute approximate surface area is 198 Å². The van der Waals surface area contributed by atoms with Crippen LogP contribution in [0.3, 0.4) is 0 Å². The Morgan fingerprint density at radius 1 is 0.556 bits per heavy atom. The van der Waals surface area contributed by atoms with Gasteiger partial charge in [0.2, 0.25) is 11.5 Å². The summed E-state index contributed by atoms with van der Waals surface area (Å²) < 4.78 is 0. The fourth-order valence-electron chi connectivity index (χ4n) is 3.27. The first kappa shape index (κ1) is 27.9. The molecule has 16 heteroatoms. The Morgan fingerprint density at radius 3 is 1.28 bits per heavy atom. The van der Waals surface area contributed by atoms with Crippen molar-refractivity contribution in [3.63, 3.8) is 0 Å². The molecule has 0 heterocycles. The Morgan fingerprint density at radius 2 is 0.917 bits per heavy atom. The van der Waals surface area contributed by atoms with Crippen LogP contribution in [-0.2, 0) is 4.79 Å². The number of phenolic OH excluding ortho intramolecular Hbond substituents is 6. The zero-order chi connectivity index (χ0) is 27.8. The lowest BCUT2D eigenvalue weighted by Gasteiger charge is -2.27. The smallest absolute Gasteiger partial charge is 0.336 e. The molecule has 2 rings (SSSR count). The first-order chi connectivity index (χ1) is 16.5. The Kier molecular flexibility index (Phi) is 7.83. The zero-order valence-corrected chi connectivity index (χ0v) is 17.6. The van der Waals surface area contributed by atoms with Crippen molar-refractivity contribution in [2.75, 3.05) is 0 Å². The first-order valence-electron chi connectivity index (χ1n) is 9.50. The summed E-state index contributed by atoms with van der Waals surface area (Å²) in [5, 5.41) is 127. The summed E-state index contributed by atoms with van der Waals surface area (Å²) in [7, 11) is 0. The molecule has 0 radical (unpaired) electrons. The van der Waals surface area contributed by atoms with E-state index in [4.69, 9.17) is 0 Å². The number of Topliss-reactive ketones (excluding diaryl/α,β-unsaturated/α-hetero) is 1. The molecule has 0 fully saturated rings. The standard InChI is InChI=1S/C20H20O16/c21-5-1-3(19(33)34)7(11(25)9(5)23)13(27)15(29)17(31)18(32)16(30)14(28)8-4(20(35)36)2-6(22)10(24)12(8)26/h1-2,13-17,21-31H,(H,33,34)(H,35,36)/t13?,14?,15-,16+,17-/m1/s1. The number of aromatic hydroxyl groups is 6. The monoisotopic (exact) mass is 516 g/mol. The number of aliphatic hydroxyl groups is 5. The lowest BCUT2D eigenvalue weighted by molar-refractivity contribution is -0.153. The first-order valence-corrected chi connectivity index (χ1v) is 9.50. The van der Waals surface area contributed by atoms with Gasteiger partial charge in [-0.15, -0.1) is 0 Å². The summed E-state index contributed by atoms with van der Waals surface area (Å²) >= 11 is 0. The highest BCUT2D eigenvalue weighted by Gasteiger charge is 2.42. The van der Waals surface area contributed by atoms with Gasteiger partial charge in [-0.2, -0.15) is 0 Å². The molecule has 0 aliphatic carbocycles. The van der Waals surface area contributed by atoms with Gasteiger partial charge in [0.25, 0.3) is 0 Å². The molecule has 0 aliphatic heterocycles. The van der Waals surface area contributed by atoms with Crippen molar-refractivity contribution in [1.82, 2.24) is 0 Å². The van der Waals surface area contributed by atoms with Crippen LogP contribution < -0.4 is 0 Å². The molecule has 2 aromatic rings. The van der Waals surface area contributed by atoms with E-state index in [1.165, 1.54) is 0 Å². The fourth-order valence-corrected chi connectivity index (χ4v) is 3.27. The number of hydrogen-bond donors (Lipinski definition) is 13. The lowest BCUT2D eigenvalue weighted by Crippen LogP contribution is -2.45. The second kappa shape index (κ2) is 10.1. The minimum atomic E-state index is -2.89. The van der Waals surface area contributed by atoms with Crippen LogP contribution in [0.2, 0.25) is 0 Å². The Bertz CT molecular complexity index is 1220. The number of aromatic carboxylic acids is 2. The number of aliphatic hydroxyl groups excluding tert-OH is 5. The molecule has 5 atom stereocenters. The number of carboxylic acids is 2. The maximum atomic E-state index is 12.5. The van der Waals surface area contributed by atoms with E-state index in [-0.39, 0.29) is 0 Å². The van der Waals surface area contributed by atoms with Gasteiger partial charge in [0.05, 0.1) is 11.1 Å². The molecule has 0 amide bonds. The number of phenols is 6. The molecule has 0 saturated heterocycles. The average molecular weight is 516 g/mol. The average Bonchev–Trinajstić information content (AvgIpc) is 2.82. The summed E-state index contributed by atoms with van der Waals surface area (Å²) in [6.07, 6.45) is -13.9. The van der Waals surface area contributed by atoms with E-state index >= 15 is 0 Å². The van der Waals surface area contributed by atoms with Gasteiger partial charge in [0.15, 0.2) is 28.8 Å². The van der Waals surface area contributed by atoms with Crippen LogP contribution in [0.25, 0.3) is 0 Å². The highest BCUT2D eigenvalue weighted by molar-refractivity contribution is 5.94. The molecule has 0 aromatic heterocycles. The lowest BCUT2D eigenvalue weighted by atomic mass is 9.89. The highest BCUT2D eigenvalue weighted by Crippen LogP contribution is 2.45. The van der Waals surface area contributed by atoms with Gasteiger partial charge < -0.3 is 66.4 Å². The Hall–Kier alpha value is -4.35. The normalized spacial score (nSPS) is 15.5. The van der Waals surface area contributed by atoms with Crippen molar-refractivity contribution < 1.29 is 80.8 Å². The van der Waals surface area contributed by atoms with Crippen LogP contribution in [0.15, 0.2) is 12.1 Å². The predicted octanol–water partition coefficient (Wildman–Crippen LogP) is -2.26. The van der Waals surface area contributed by atoms with Crippen molar-refractivity contribution in [3.05, 3.63) is 34.4 Å². The molecule has 0 spiro atoms. The molecular formula is C20H20O16. The van der Waals surface area contributed by atoms with Crippen LogP contribution in [0.1, 0.15) is 44.1 Å². The zero-order valence-electron chi connectivity index (χ0n) is 17.6. The van der Waals surface area contributed by atoms with E-state index < -0.39 is 105 Å². The van der Waals surface area contributed by atoms with E-state index in [0.29, 0.717) is 12.1 Å². The van der Waals surface area contributed by atoms with Crippen molar-refractivity contribution >= 4 is 17.7 Å². The van der Waals surface area contributed by atoms with Gasteiger partial charge in [-0.3, -0.25) is 4.79 Å². The van der Waals surface area contributed by atoms with Gasteiger partial charge in [-0.25, -0.2) is 9.59 Å². The summed E-state index contributed by atoms with van der Waals surface area (Å²) in [5.74, 6) is -13.6. The van der Waals surface area contributed by atoms with Crippen LogP contribution in [0, 0.1) is 0 Å². The van der Waals surface area contributed by atoms with Crippen LogP contribution >= 0.6 is 0 Å². The summed E-state index contributed by atoms with van der Waals surface area (Å²) in [6.45, 7) is 0. The van der Waals surface area contributed by atoms with Crippen molar-refractivity contribution in [2.45, 2.75) is 30.5 Å². The van der Waals surface area contributed by atoms with Gasteiger partial charge in [0.1, 0.15) is 30.5 Å². The molecule has 13 N–H and O–H groups in total. The van der Waals surface area contributed by atoms with Crippen LogP contribution in [0.4, 0.5) is 0 Å². The maximum absolute atomic E-state index is 12.5. The maximum Gasteiger partial charge on any atom is 0.336 e. The minimum Gasteiger partial charge on any atom is -0.504 e. The van der Waals surface area contributed by atoms with E-state index in [1.54, 1.807) is 0 Å². The minimum absolute atomic E-state index is 0.357. The molecule has 0 bridgehead atoms. The third-order valence-electron chi connectivity index (χ3n) is 5.17. The van der Waals surface area contributed by atoms with Crippen LogP contribution in [-0.4, -0.2) is 102 Å². The predicted molar refractivity (Wildman–Crippen MR) is 110 cm³/mol. The van der Waals surface area contributed by atoms with Crippen LogP contribution in [0.5, 0.6) is 34.5 Å². The molecule has 0 aliphatic rings. The number of benzene rings is 2. The van der Waals surface area contributed by atoms with E-state index in [0.717, 1.165) is 0 Å².